The van der Waals surface area contributed by atoms with Crippen LogP contribution in [0.3, 0.4) is 0 Å². The summed E-state index contributed by atoms with van der Waals surface area (Å²) in [5, 5.41) is 9.89. The standard InChI is InChI=1S/C58H37NO/c1-3-13-38(14-4-1)40-25-29-44(30-26-40)59(45-18-11-17-41(35-45)39-15-5-2-6-16-39)55-33-34-56-58-52(23-12-24-53(55)58)51-32-28-43(37-57(51)60-56)42-27-31-50-48-21-8-7-19-46(48)47-20-9-10-22-49(47)54(50)36-42/h1-37H. The Kier molecular flexibility index (Phi) is 7.89. The lowest BCUT2D eigenvalue weighted by Gasteiger charge is -2.30. The highest BCUT2D eigenvalue weighted by Gasteiger charge is 2.25. The molecule has 0 aromatic heterocycles. The van der Waals surface area contributed by atoms with Gasteiger partial charge in [-0.2, -0.15) is 0 Å². The first kappa shape index (κ1) is 34.1. The van der Waals surface area contributed by atoms with Crippen molar-refractivity contribution in [2.45, 2.75) is 0 Å². The molecule has 0 saturated carbocycles. The lowest BCUT2D eigenvalue weighted by molar-refractivity contribution is 0.487. The van der Waals surface area contributed by atoms with Crippen molar-refractivity contribution in [2.75, 3.05) is 4.90 Å². The molecule has 0 N–H and O–H groups in total. The van der Waals surface area contributed by atoms with E-state index >= 15 is 0 Å². The SMILES string of the molecule is c1ccc(-c2ccc(N(c3cccc(-c4ccccc4)c3)c3ccc4c5c(cccc35)-c3ccc(-c5ccc6c7ccccc7c7ccccc7c6c5)cc3O4)cc2)cc1. The first-order chi connectivity index (χ1) is 29.7. The van der Waals surface area contributed by atoms with Gasteiger partial charge in [-0.3, -0.25) is 0 Å². The quantitative estimate of drug-likeness (QED) is 0.156. The van der Waals surface area contributed by atoms with E-state index in [4.69, 9.17) is 4.74 Å². The molecular weight excluding hydrogens is 727 g/mol. The van der Waals surface area contributed by atoms with Gasteiger partial charge in [0.15, 0.2) is 0 Å². The number of anilines is 3. The first-order valence-corrected chi connectivity index (χ1v) is 20.6. The lowest BCUT2D eigenvalue weighted by atomic mass is 9.90. The van der Waals surface area contributed by atoms with Crippen LogP contribution in [0, 0.1) is 0 Å². The molecule has 11 aromatic carbocycles. The summed E-state index contributed by atoms with van der Waals surface area (Å²) in [6.07, 6.45) is 0. The third kappa shape index (κ3) is 5.57. The highest BCUT2D eigenvalue weighted by atomic mass is 16.5. The molecular formula is C58H37NO. The maximum absolute atomic E-state index is 6.90. The summed E-state index contributed by atoms with van der Waals surface area (Å²) in [7, 11) is 0. The summed E-state index contributed by atoms with van der Waals surface area (Å²) in [5.41, 5.74) is 12.6. The second-order valence-corrected chi connectivity index (χ2v) is 15.6. The van der Waals surface area contributed by atoms with E-state index < -0.39 is 0 Å². The summed E-state index contributed by atoms with van der Waals surface area (Å²) in [6.45, 7) is 0. The van der Waals surface area contributed by atoms with Crippen LogP contribution in [0.2, 0.25) is 0 Å². The molecule has 12 rings (SSSR count). The van der Waals surface area contributed by atoms with Gasteiger partial charge in [0, 0.05) is 27.7 Å². The van der Waals surface area contributed by atoms with E-state index in [1.807, 2.05) is 0 Å². The van der Waals surface area contributed by atoms with Gasteiger partial charge in [0.1, 0.15) is 11.5 Å². The maximum atomic E-state index is 6.90. The number of ether oxygens (including phenoxy) is 1. The van der Waals surface area contributed by atoms with Crippen molar-refractivity contribution < 1.29 is 4.74 Å². The van der Waals surface area contributed by atoms with Crippen molar-refractivity contribution in [3.63, 3.8) is 0 Å². The molecule has 2 nitrogen and oxygen atoms in total. The van der Waals surface area contributed by atoms with Crippen molar-refractivity contribution >= 4 is 60.2 Å². The number of hydrogen-bond donors (Lipinski definition) is 0. The molecule has 0 radical (unpaired) electrons. The van der Waals surface area contributed by atoms with Gasteiger partial charge >= 0.3 is 0 Å². The van der Waals surface area contributed by atoms with Crippen LogP contribution in [0.1, 0.15) is 0 Å². The summed E-state index contributed by atoms with van der Waals surface area (Å²) in [5.74, 6) is 1.73. The molecule has 60 heavy (non-hydrogen) atoms. The zero-order valence-electron chi connectivity index (χ0n) is 32.7. The predicted molar refractivity (Wildman–Crippen MR) is 253 cm³/mol. The number of nitrogens with zero attached hydrogens (tertiary/aromatic N) is 1. The number of benzene rings is 11. The van der Waals surface area contributed by atoms with Gasteiger partial charge in [0.2, 0.25) is 0 Å². The third-order valence-corrected chi connectivity index (χ3v) is 12.2. The summed E-state index contributed by atoms with van der Waals surface area (Å²) in [6, 6.07) is 81.0. The molecule has 280 valence electrons. The Morgan fingerprint density at radius 3 is 1.50 bits per heavy atom. The summed E-state index contributed by atoms with van der Waals surface area (Å²) < 4.78 is 6.90. The van der Waals surface area contributed by atoms with Gasteiger partial charge in [-0.15, -0.1) is 0 Å². The Balaban J connectivity index is 0.982. The molecule has 0 unspecified atom stereocenters. The van der Waals surface area contributed by atoms with Crippen molar-refractivity contribution in [3.05, 3.63) is 224 Å². The predicted octanol–water partition coefficient (Wildman–Crippen LogP) is 16.5. The van der Waals surface area contributed by atoms with Crippen LogP contribution in [0.25, 0.3) is 87.6 Å². The van der Waals surface area contributed by atoms with Gasteiger partial charge in [-0.25, -0.2) is 0 Å². The fourth-order valence-electron chi connectivity index (χ4n) is 9.39. The summed E-state index contributed by atoms with van der Waals surface area (Å²) >= 11 is 0. The molecule has 1 heterocycles. The van der Waals surface area contributed by atoms with E-state index in [1.165, 1.54) is 65.7 Å². The Morgan fingerprint density at radius 2 is 0.783 bits per heavy atom. The normalized spacial score (nSPS) is 11.8. The van der Waals surface area contributed by atoms with Gasteiger partial charge < -0.3 is 9.64 Å². The maximum Gasteiger partial charge on any atom is 0.136 e. The van der Waals surface area contributed by atoms with Crippen molar-refractivity contribution in [1.82, 2.24) is 0 Å². The van der Waals surface area contributed by atoms with E-state index in [1.54, 1.807) is 0 Å². The number of hydrogen-bond acceptors (Lipinski definition) is 2. The molecule has 1 aliphatic rings. The van der Waals surface area contributed by atoms with E-state index in [-0.39, 0.29) is 0 Å². The van der Waals surface area contributed by atoms with E-state index in [2.05, 4.69) is 229 Å². The summed E-state index contributed by atoms with van der Waals surface area (Å²) in [4.78, 5) is 2.38. The zero-order valence-corrected chi connectivity index (χ0v) is 32.7. The molecule has 0 saturated heterocycles. The van der Waals surface area contributed by atoms with E-state index in [0.29, 0.717) is 0 Å². The van der Waals surface area contributed by atoms with Crippen molar-refractivity contribution in [1.29, 1.82) is 0 Å². The van der Waals surface area contributed by atoms with Crippen LogP contribution in [0.5, 0.6) is 11.5 Å². The zero-order chi connectivity index (χ0) is 39.6. The Hall–Kier alpha value is -7.94. The highest BCUT2D eigenvalue weighted by molar-refractivity contribution is 6.25. The van der Waals surface area contributed by atoms with Crippen molar-refractivity contribution in [3.8, 4) is 56.0 Å². The van der Waals surface area contributed by atoms with Crippen LogP contribution >= 0.6 is 0 Å². The second kappa shape index (κ2) is 13.9. The molecule has 0 atom stereocenters. The Morgan fingerprint density at radius 1 is 0.267 bits per heavy atom. The van der Waals surface area contributed by atoms with Gasteiger partial charge in [-0.05, 0) is 126 Å². The largest absolute Gasteiger partial charge is 0.456 e. The fourth-order valence-corrected chi connectivity index (χ4v) is 9.39. The van der Waals surface area contributed by atoms with Crippen LogP contribution in [-0.4, -0.2) is 0 Å². The third-order valence-electron chi connectivity index (χ3n) is 12.2. The fraction of sp³-hybridized carbons (Fsp3) is 0. The number of rotatable bonds is 6. The molecule has 11 aromatic rings. The average Bonchev–Trinajstić information content (AvgIpc) is 3.33. The smallest absolute Gasteiger partial charge is 0.136 e. The molecule has 0 aliphatic carbocycles. The van der Waals surface area contributed by atoms with E-state index in [0.717, 1.165) is 50.5 Å². The first-order valence-electron chi connectivity index (χ1n) is 20.6. The molecule has 0 amide bonds. The highest BCUT2D eigenvalue weighted by Crippen LogP contribution is 2.51. The minimum atomic E-state index is 0.863. The van der Waals surface area contributed by atoms with Gasteiger partial charge in [0.25, 0.3) is 0 Å². The topological polar surface area (TPSA) is 12.5 Å². The van der Waals surface area contributed by atoms with Crippen LogP contribution < -0.4 is 9.64 Å². The van der Waals surface area contributed by atoms with Crippen LogP contribution in [-0.2, 0) is 0 Å². The molecule has 0 spiro atoms. The Labute approximate surface area is 348 Å². The molecule has 1 aliphatic heterocycles. The van der Waals surface area contributed by atoms with Crippen LogP contribution in [0.15, 0.2) is 224 Å². The monoisotopic (exact) mass is 763 g/mol. The second-order valence-electron chi connectivity index (χ2n) is 15.6. The van der Waals surface area contributed by atoms with Crippen LogP contribution in [0.4, 0.5) is 17.1 Å². The minimum Gasteiger partial charge on any atom is -0.456 e. The van der Waals surface area contributed by atoms with Crippen molar-refractivity contribution in [2.24, 2.45) is 0 Å². The molecule has 0 bridgehead atoms. The Bertz CT molecular complexity index is 3410. The van der Waals surface area contributed by atoms with Gasteiger partial charge in [0.05, 0.1) is 5.69 Å². The molecule has 2 heteroatoms. The lowest BCUT2D eigenvalue weighted by Crippen LogP contribution is -2.11. The van der Waals surface area contributed by atoms with Gasteiger partial charge in [-0.1, -0.05) is 170 Å². The minimum absolute atomic E-state index is 0.863. The average molecular weight is 764 g/mol. The molecule has 0 fully saturated rings. The van der Waals surface area contributed by atoms with E-state index in [9.17, 15) is 0 Å². The number of fused-ring (bicyclic) bond motifs is 8.